The highest BCUT2D eigenvalue weighted by molar-refractivity contribution is 5.50. The number of aromatic nitrogens is 2. The molecular formula is C15H28N4. The number of anilines is 1. The fraction of sp³-hybridized carbons (Fsp3) is 0.733. The molecule has 1 rings (SSSR count). The fourth-order valence-electron chi connectivity index (χ4n) is 2.16. The number of nitrogens with two attached hydrogens (primary N) is 1. The minimum atomic E-state index is 0.534. The van der Waals surface area contributed by atoms with Gasteiger partial charge in [-0.3, -0.25) is 0 Å². The Balaban J connectivity index is 3.02. The maximum Gasteiger partial charge on any atom is 0.156 e. The standard InChI is InChI=1S/C15H28N4/c1-5-7-9-19(10-8-6-2)15-14(11-16)12(3)13(4)17-18-15/h5-11,16H2,1-4H3. The average Bonchev–Trinajstić information content (AvgIpc) is 2.42. The van der Waals surface area contributed by atoms with Gasteiger partial charge in [-0.15, -0.1) is 5.10 Å². The summed E-state index contributed by atoms with van der Waals surface area (Å²) in [6.45, 7) is 11.1. The third-order valence-electron chi connectivity index (χ3n) is 3.63. The zero-order valence-electron chi connectivity index (χ0n) is 12.9. The molecule has 0 atom stereocenters. The Morgan fingerprint density at radius 2 is 1.58 bits per heavy atom. The quantitative estimate of drug-likeness (QED) is 0.784. The highest BCUT2D eigenvalue weighted by Crippen LogP contribution is 2.22. The molecule has 1 aromatic rings. The molecule has 4 heteroatoms. The van der Waals surface area contributed by atoms with Gasteiger partial charge in [0, 0.05) is 25.2 Å². The second-order valence-electron chi connectivity index (χ2n) is 5.11. The molecule has 1 heterocycles. The zero-order chi connectivity index (χ0) is 14.3. The lowest BCUT2D eigenvalue weighted by molar-refractivity contribution is 0.660. The summed E-state index contributed by atoms with van der Waals surface area (Å²) in [6.07, 6.45) is 4.75. The molecule has 0 aliphatic rings. The number of hydrogen-bond donors (Lipinski definition) is 1. The number of unbranched alkanes of at least 4 members (excludes halogenated alkanes) is 2. The number of nitrogens with zero attached hydrogens (tertiary/aromatic N) is 3. The lowest BCUT2D eigenvalue weighted by atomic mass is 10.1. The first-order valence-electron chi connectivity index (χ1n) is 7.43. The summed E-state index contributed by atoms with van der Waals surface area (Å²) in [5.41, 5.74) is 9.24. The Bertz CT molecular complexity index is 382. The van der Waals surface area contributed by atoms with E-state index in [0.29, 0.717) is 6.54 Å². The normalized spacial score (nSPS) is 10.8. The lowest BCUT2D eigenvalue weighted by Crippen LogP contribution is -2.29. The zero-order valence-corrected chi connectivity index (χ0v) is 12.9. The van der Waals surface area contributed by atoms with Crippen LogP contribution in [0.25, 0.3) is 0 Å². The van der Waals surface area contributed by atoms with Crippen LogP contribution in [0.3, 0.4) is 0 Å². The van der Waals surface area contributed by atoms with Crippen LogP contribution in [0.15, 0.2) is 0 Å². The largest absolute Gasteiger partial charge is 0.355 e. The third-order valence-corrected chi connectivity index (χ3v) is 3.63. The molecule has 0 saturated carbocycles. The van der Waals surface area contributed by atoms with Gasteiger partial charge in [-0.1, -0.05) is 26.7 Å². The predicted molar refractivity (Wildman–Crippen MR) is 81.4 cm³/mol. The molecule has 0 aromatic carbocycles. The Hall–Kier alpha value is -1.16. The Morgan fingerprint density at radius 3 is 2.05 bits per heavy atom. The van der Waals surface area contributed by atoms with Gasteiger partial charge in [-0.25, -0.2) is 0 Å². The monoisotopic (exact) mass is 264 g/mol. The summed E-state index contributed by atoms with van der Waals surface area (Å²) >= 11 is 0. The van der Waals surface area contributed by atoms with Gasteiger partial charge >= 0.3 is 0 Å². The van der Waals surface area contributed by atoms with E-state index in [4.69, 9.17) is 5.73 Å². The summed E-state index contributed by atoms with van der Waals surface area (Å²) in [4.78, 5) is 2.36. The molecule has 108 valence electrons. The van der Waals surface area contributed by atoms with Crippen molar-refractivity contribution in [1.82, 2.24) is 10.2 Å². The van der Waals surface area contributed by atoms with Gasteiger partial charge in [0.1, 0.15) is 0 Å². The fourth-order valence-corrected chi connectivity index (χ4v) is 2.16. The van der Waals surface area contributed by atoms with E-state index in [-0.39, 0.29) is 0 Å². The molecule has 0 saturated heterocycles. The van der Waals surface area contributed by atoms with Crippen molar-refractivity contribution in [2.75, 3.05) is 18.0 Å². The molecule has 19 heavy (non-hydrogen) atoms. The molecule has 0 aliphatic carbocycles. The molecule has 0 radical (unpaired) electrons. The molecule has 0 amide bonds. The first-order valence-corrected chi connectivity index (χ1v) is 7.43. The summed E-state index contributed by atoms with van der Waals surface area (Å²) in [6, 6.07) is 0. The molecule has 2 N–H and O–H groups in total. The van der Waals surface area contributed by atoms with Crippen LogP contribution >= 0.6 is 0 Å². The van der Waals surface area contributed by atoms with Crippen LogP contribution in [0.2, 0.25) is 0 Å². The van der Waals surface area contributed by atoms with Crippen LogP contribution in [0.1, 0.15) is 56.4 Å². The van der Waals surface area contributed by atoms with Crippen LogP contribution < -0.4 is 10.6 Å². The lowest BCUT2D eigenvalue weighted by Gasteiger charge is -2.26. The van der Waals surface area contributed by atoms with Crippen molar-refractivity contribution in [3.05, 3.63) is 16.8 Å². The van der Waals surface area contributed by atoms with Gasteiger partial charge in [-0.2, -0.15) is 5.10 Å². The third kappa shape index (κ3) is 4.16. The van der Waals surface area contributed by atoms with Gasteiger partial charge in [0.15, 0.2) is 5.82 Å². The van der Waals surface area contributed by atoms with Crippen molar-refractivity contribution in [3.63, 3.8) is 0 Å². The van der Waals surface area contributed by atoms with Gasteiger partial charge in [0.25, 0.3) is 0 Å². The number of hydrogen-bond acceptors (Lipinski definition) is 4. The van der Waals surface area contributed by atoms with E-state index in [0.717, 1.165) is 30.2 Å². The molecule has 0 bridgehead atoms. The highest BCUT2D eigenvalue weighted by atomic mass is 15.3. The van der Waals surface area contributed by atoms with Crippen LogP contribution in [-0.2, 0) is 6.54 Å². The van der Waals surface area contributed by atoms with E-state index in [2.05, 4.69) is 35.9 Å². The van der Waals surface area contributed by atoms with Gasteiger partial charge in [0.05, 0.1) is 5.69 Å². The van der Waals surface area contributed by atoms with Crippen molar-refractivity contribution in [1.29, 1.82) is 0 Å². The van der Waals surface area contributed by atoms with Crippen molar-refractivity contribution >= 4 is 5.82 Å². The van der Waals surface area contributed by atoms with Gasteiger partial charge in [-0.05, 0) is 32.3 Å². The Kier molecular flexibility index (Phi) is 6.78. The second-order valence-corrected chi connectivity index (χ2v) is 5.11. The van der Waals surface area contributed by atoms with Crippen LogP contribution in [-0.4, -0.2) is 23.3 Å². The van der Waals surface area contributed by atoms with Crippen LogP contribution in [0.5, 0.6) is 0 Å². The predicted octanol–water partition coefficient (Wildman–Crippen LogP) is 2.96. The maximum atomic E-state index is 5.92. The molecule has 0 spiro atoms. The topological polar surface area (TPSA) is 55.0 Å². The minimum absolute atomic E-state index is 0.534. The molecule has 4 nitrogen and oxygen atoms in total. The first kappa shape index (κ1) is 15.9. The average molecular weight is 264 g/mol. The first-order chi connectivity index (χ1) is 9.15. The van der Waals surface area contributed by atoms with Crippen LogP contribution in [0, 0.1) is 13.8 Å². The highest BCUT2D eigenvalue weighted by Gasteiger charge is 2.15. The summed E-state index contributed by atoms with van der Waals surface area (Å²) in [5, 5.41) is 8.69. The van der Waals surface area contributed by atoms with Crippen molar-refractivity contribution in [2.45, 2.75) is 59.9 Å². The van der Waals surface area contributed by atoms with E-state index < -0.39 is 0 Å². The van der Waals surface area contributed by atoms with Gasteiger partial charge < -0.3 is 10.6 Å². The van der Waals surface area contributed by atoms with Gasteiger partial charge in [0.2, 0.25) is 0 Å². The van der Waals surface area contributed by atoms with E-state index >= 15 is 0 Å². The summed E-state index contributed by atoms with van der Waals surface area (Å²) < 4.78 is 0. The summed E-state index contributed by atoms with van der Waals surface area (Å²) in [5.74, 6) is 0.993. The van der Waals surface area contributed by atoms with Crippen molar-refractivity contribution in [2.24, 2.45) is 5.73 Å². The Morgan fingerprint density at radius 1 is 1.00 bits per heavy atom. The van der Waals surface area contributed by atoms with Crippen molar-refractivity contribution < 1.29 is 0 Å². The molecule has 0 fully saturated rings. The molecule has 0 aliphatic heterocycles. The summed E-state index contributed by atoms with van der Waals surface area (Å²) in [7, 11) is 0. The second kappa shape index (κ2) is 8.10. The maximum absolute atomic E-state index is 5.92. The van der Waals surface area contributed by atoms with Crippen molar-refractivity contribution in [3.8, 4) is 0 Å². The van der Waals surface area contributed by atoms with E-state index in [1.165, 1.54) is 31.2 Å². The molecule has 0 unspecified atom stereocenters. The molecular weight excluding hydrogens is 236 g/mol. The number of aryl methyl sites for hydroxylation is 1. The van der Waals surface area contributed by atoms with E-state index in [1.54, 1.807) is 0 Å². The minimum Gasteiger partial charge on any atom is -0.355 e. The van der Waals surface area contributed by atoms with E-state index in [9.17, 15) is 0 Å². The smallest absolute Gasteiger partial charge is 0.156 e. The Labute approximate surface area is 117 Å². The molecule has 1 aromatic heterocycles. The number of rotatable bonds is 8. The SMILES string of the molecule is CCCCN(CCCC)c1nnc(C)c(C)c1CN. The van der Waals surface area contributed by atoms with E-state index in [1.807, 2.05) is 6.92 Å². The van der Waals surface area contributed by atoms with Crippen LogP contribution in [0.4, 0.5) is 5.82 Å².